The zero-order valence-corrected chi connectivity index (χ0v) is 16.4. The van der Waals surface area contributed by atoms with Gasteiger partial charge in [-0.1, -0.05) is 29.3 Å². The van der Waals surface area contributed by atoms with Gasteiger partial charge in [-0.25, -0.2) is 0 Å². The predicted molar refractivity (Wildman–Crippen MR) is 100 cm³/mol. The van der Waals surface area contributed by atoms with E-state index in [1.54, 1.807) is 38.4 Å². The third-order valence-electron chi connectivity index (χ3n) is 3.51. The van der Waals surface area contributed by atoms with Crippen LogP contribution >= 0.6 is 23.2 Å². The van der Waals surface area contributed by atoms with E-state index in [0.29, 0.717) is 24.6 Å². The smallest absolute Gasteiger partial charge is 0.260 e. The number of carbonyl (C=O) groups excluding carboxylic acids is 2. The van der Waals surface area contributed by atoms with Gasteiger partial charge in [0.25, 0.3) is 5.91 Å². The lowest BCUT2D eigenvalue weighted by molar-refractivity contribution is -0.122. The molecule has 25 heavy (non-hydrogen) atoms. The molecule has 0 aliphatic carbocycles. The van der Waals surface area contributed by atoms with Crippen LogP contribution in [0.5, 0.6) is 0 Å². The van der Waals surface area contributed by atoms with Crippen molar-refractivity contribution in [1.82, 2.24) is 0 Å². The standard InChI is InChI=1S/C17H24Cl2N2O4/c1-5-25-11-14(24-4)10-15(22)21(3)13-8-6-7-12(9-13)20-16(23)17(2,18)19/h6-9,14H,5,10-11H2,1-4H3,(H,20,23). The van der Waals surface area contributed by atoms with Crippen molar-refractivity contribution in [2.24, 2.45) is 0 Å². The fourth-order valence-corrected chi connectivity index (χ4v) is 2.06. The predicted octanol–water partition coefficient (Wildman–Crippen LogP) is 3.22. The van der Waals surface area contributed by atoms with Gasteiger partial charge in [0.1, 0.15) is 0 Å². The molecule has 0 fully saturated rings. The Morgan fingerprint density at radius 1 is 1.36 bits per heavy atom. The molecule has 0 aliphatic rings. The normalized spacial score (nSPS) is 12.6. The van der Waals surface area contributed by atoms with E-state index in [0.717, 1.165) is 0 Å². The summed E-state index contributed by atoms with van der Waals surface area (Å²) in [7, 11) is 3.20. The monoisotopic (exact) mass is 390 g/mol. The number of rotatable bonds is 9. The number of alkyl halides is 2. The summed E-state index contributed by atoms with van der Waals surface area (Å²) in [6, 6.07) is 6.84. The molecule has 1 rings (SSSR count). The SMILES string of the molecule is CCOCC(CC(=O)N(C)c1cccc(NC(=O)C(C)(Cl)Cl)c1)OC. The number of benzene rings is 1. The van der Waals surface area contributed by atoms with E-state index in [9.17, 15) is 9.59 Å². The maximum Gasteiger partial charge on any atom is 0.260 e. The lowest BCUT2D eigenvalue weighted by Gasteiger charge is -2.22. The average molecular weight is 391 g/mol. The Hall–Kier alpha value is -1.34. The first-order valence-corrected chi connectivity index (χ1v) is 8.61. The van der Waals surface area contributed by atoms with E-state index in [1.807, 2.05) is 6.92 Å². The highest BCUT2D eigenvalue weighted by molar-refractivity contribution is 6.58. The van der Waals surface area contributed by atoms with Crippen LogP contribution in [-0.2, 0) is 19.1 Å². The minimum Gasteiger partial charge on any atom is -0.379 e. The van der Waals surface area contributed by atoms with Crippen molar-refractivity contribution < 1.29 is 19.1 Å². The molecule has 140 valence electrons. The van der Waals surface area contributed by atoms with Gasteiger partial charge in [-0.2, -0.15) is 0 Å². The molecule has 1 N–H and O–H groups in total. The first-order valence-electron chi connectivity index (χ1n) is 7.85. The number of halogens is 2. The van der Waals surface area contributed by atoms with Crippen molar-refractivity contribution in [2.45, 2.75) is 30.7 Å². The summed E-state index contributed by atoms with van der Waals surface area (Å²) in [5.74, 6) is -0.673. The Kier molecular flexibility index (Phi) is 8.65. The van der Waals surface area contributed by atoms with Gasteiger partial charge in [0.15, 0.2) is 4.33 Å². The number of nitrogens with zero attached hydrogens (tertiary/aromatic N) is 1. The van der Waals surface area contributed by atoms with E-state index in [-0.39, 0.29) is 18.4 Å². The largest absolute Gasteiger partial charge is 0.379 e. The minimum atomic E-state index is -1.54. The van der Waals surface area contributed by atoms with Gasteiger partial charge >= 0.3 is 0 Å². The average Bonchev–Trinajstić information content (AvgIpc) is 2.57. The molecule has 1 aromatic carbocycles. The summed E-state index contributed by atoms with van der Waals surface area (Å²) in [5, 5.41) is 2.61. The van der Waals surface area contributed by atoms with Gasteiger partial charge < -0.3 is 19.7 Å². The first kappa shape index (κ1) is 21.7. The van der Waals surface area contributed by atoms with Crippen LogP contribution in [0.15, 0.2) is 24.3 Å². The van der Waals surface area contributed by atoms with Gasteiger partial charge in [-0.15, -0.1) is 0 Å². The topological polar surface area (TPSA) is 67.9 Å². The molecule has 0 bridgehead atoms. The van der Waals surface area contributed by atoms with Gasteiger partial charge in [0.05, 0.1) is 19.1 Å². The van der Waals surface area contributed by atoms with E-state index >= 15 is 0 Å². The quantitative estimate of drug-likeness (QED) is 0.657. The molecule has 0 aromatic heterocycles. The van der Waals surface area contributed by atoms with Crippen molar-refractivity contribution in [3.8, 4) is 0 Å². The molecule has 6 nitrogen and oxygen atoms in total. The Balaban J connectivity index is 2.77. The van der Waals surface area contributed by atoms with Crippen molar-refractivity contribution in [3.63, 3.8) is 0 Å². The summed E-state index contributed by atoms with van der Waals surface area (Å²) in [5.41, 5.74) is 1.12. The number of carbonyl (C=O) groups is 2. The summed E-state index contributed by atoms with van der Waals surface area (Å²) in [6.45, 7) is 4.18. The molecule has 0 saturated heterocycles. The number of nitrogens with one attached hydrogen (secondary N) is 1. The molecule has 2 amide bonds. The van der Waals surface area contributed by atoms with Crippen LogP contribution in [0.2, 0.25) is 0 Å². The number of ether oxygens (including phenoxy) is 2. The molecule has 1 unspecified atom stereocenters. The highest BCUT2D eigenvalue weighted by Gasteiger charge is 2.27. The Morgan fingerprint density at radius 3 is 2.60 bits per heavy atom. The minimum absolute atomic E-state index is 0.130. The van der Waals surface area contributed by atoms with Gasteiger partial charge in [-0.05, 0) is 32.0 Å². The number of hydrogen-bond acceptors (Lipinski definition) is 4. The van der Waals surface area contributed by atoms with Crippen LogP contribution < -0.4 is 10.2 Å². The number of amides is 2. The Bertz CT molecular complexity index is 590. The molecule has 0 saturated carbocycles. The number of anilines is 2. The van der Waals surface area contributed by atoms with Crippen LogP contribution in [0, 0.1) is 0 Å². The zero-order chi connectivity index (χ0) is 19.0. The highest BCUT2D eigenvalue weighted by atomic mass is 35.5. The maximum absolute atomic E-state index is 12.4. The van der Waals surface area contributed by atoms with Crippen molar-refractivity contribution in [1.29, 1.82) is 0 Å². The molecule has 0 heterocycles. The second-order valence-electron chi connectivity index (χ2n) is 5.57. The third kappa shape index (κ3) is 7.20. The summed E-state index contributed by atoms with van der Waals surface area (Å²) in [4.78, 5) is 25.8. The molecular formula is C17H24Cl2N2O4. The van der Waals surface area contributed by atoms with Crippen LogP contribution in [-0.4, -0.2) is 49.6 Å². The summed E-state index contributed by atoms with van der Waals surface area (Å²) in [6.07, 6.45) is -0.128. The Morgan fingerprint density at radius 2 is 2.04 bits per heavy atom. The Labute approximate surface area is 158 Å². The van der Waals surface area contributed by atoms with Crippen molar-refractivity contribution in [3.05, 3.63) is 24.3 Å². The van der Waals surface area contributed by atoms with E-state index in [2.05, 4.69) is 5.32 Å². The molecule has 0 radical (unpaired) electrons. The molecule has 1 aromatic rings. The highest BCUT2D eigenvalue weighted by Crippen LogP contribution is 2.24. The van der Waals surface area contributed by atoms with Crippen LogP contribution in [0.1, 0.15) is 20.3 Å². The summed E-state index contributed by atoms with van der Waals surface area (Å²) < 4.78 is 9.02. The second-order valence-corrected chi connectivity index (χ2v) is 7.27. The molecule has 0 aliphatic heterocycles. The van der Waals surface area contributed by atoms with Gasteiger partial charge in [-0.3, -0.25) is 9.59 Å². The third-order valence-corrected chi connectivity index (χ3v) is 3.85. The number of methoxy groups -OCH3 is 1. The van der Waals surface area contributed by atoms with Crippen molar-refractivity contribution in [2.75, 3.05) is 37.6 Å². The van der Waals surface area contributed by atoms with Gasteiger partial charge in [0.2, 0.25) is 5.91 Å². The molecule has 0 spiro atoms. The summed E-state index contributed by atoms with van der Waals surface area (Å²) >= 11 is 11.5. The van der Waals surface area contributed by atoms with Crippen molar-refractivity contribution >= 4 is 46.4 Å². The van der Waals surface area contributed by atoms with Gasteiger partial charge in [0, 0.05) is 32.1 Å². The fraction of sp³-hybridized carbons (Fsp3) is 0.529. The van der Waals surface area contributed by atoms with Crippen LogP contribution in [0.4, 0.5) is 11.4 Å². The van der Waals surface area contributed by atoms with Crippen LogP contribution in [0.3, 0.4) is 0 Å². The van der Waals surface area contributed by atoms with E-state index in [4.69, 9.17) is 32.7 Å². The van der Waals surface area contributed by atoms with E-state index in [1.165, 1.54) is 11.8 Å². The molecule has 8 heteroatoms. The lowest BCUT2D eigenvalue weighted by atomic mass is 10.2. The second kappa shape index (κ2) is 9.97. The first-order chi connectivity index (χ1) is 11.7. The lowest BCUT2D eigenvalue weighted by Crippen LogP contribution is -2.32. The van der Waals surface area contributed by atoms with E-state index < -0.39 is 10.2 Å². The zero-order valence-electron chi connectivity index (χ0n) is 14.8. The number of hydrogen-bond donors (Lipinski definition) is 1. The molecular weight excluding hydrogens is 367 g/mol. The molecule has 1 atom stereocenters. The maximum atomic E-state index is 12.4. The fourth-order valence-electron chi connectivity index (χ4n) is 1.97. The van der Waals surface area contributed by atoms with Crippen LogP contribution in [0.25, 0.3) is 0 Å².